The van der Waals surface area contributed by atoms with Gasteiger partial charge in [-0.2, -0.15) is 0 Å². The normalized spacial score (nSPS) is 17.7. The van der Waals surface area contributed by atoms with E-state index in [9.17, 15) is 0 Å². The predicted octanol–water partition coefficient (Wildman–Crippen LogP) is 3.01. The van der Waals surface area contributed by atoms with Crippen molar-refractivity contribution in [2.45, 2.75) is 39.2 Å². The highest BCUT2D eigenvalue weighted by molar-refractivity contribution is 5.41. The van der Waals surface area contributed by atoms with Gasteiger partial charge in [-0.1, -0.05) is 6.92 Å². The first kappa shape index (κ1) is 16.2. The lowest BCUT2D eigenvalue weighted by Crippen LogP contribution is -2.30. The lowest BCUT2D eigenvalue weighted by Gasteiger charge is -2.28. The van der Waals surface area contributed by atoms with Gasteiger partial charge < -0.3 is 15.0 Å². The molecular weight excluding hydrogens is 262 g/mol. The minimum atomic E-state index is 0.378. The lowest BCUT2D eigenvalue weighted by atomic mass is 10.00. The van der Waals surface area contributed by atoms with Crippen LogP contribution >= 0.6 is 0 Å². The van der Waals surface area contributed by atoms with Gasteiger partial charge in [0.05, 0.1) is 0 Å². The molecule has 0 amide bonds. The lowest BCUT2D eigenvalue weighted by molar-refractivity contribution is 0.0685. The molecule has 1 N–H and O–H groups in total. The SMILES string of the molecule is CCCNC(C)c1ccnc(N(C)CC2CCOCC2)c1. The fourth-order valence-corrected chi connectivity index (χ4v) is 2.80. The summed E-state index contributed by atoms with van der Waals surface area (Å²) in [4.78, 5) is 6.82. The Labute approximate surface area is 128 Å². The second kappa shape index (κ2) is 8.35. The average Bonchev–Trinajstić information content (AvgIpc) is 2.53. The minimum Gasteiger partial charge on any atom is -0.381 e. The molecule has 1 fully saturated rings. The molecule has 4 nitrogen and oxygen atoms in total. The molecule has 1 aromatic heterocycles. The molecule has 1 aromatic rings. The Morgan fingerprint density at radius 2 is 2.19 bits per heavy atom. The van der Waals surface area contributed by atoms with Gasteiger partial charge in [-0.25, -0.2) is 4.98 Å². The second-order valence-corrected chi connectivity index (χ2v) is 6.06. The van der Waals surface area contributed by atoms with E-state index < -0.39 is 0 Å². The van der Waals surface area contributed by atoms with Gasteiger partial charge in [0.1, 0.15) is 5.82 Å². The predicted molar refractivity (Wildman–Crippen MR) is 87.8 cm³/mol. The van der Waals surface area contributed by atoms with Crippen molar-refractivity contribution in [3.8, 4) is 0 Å². The van der Waals surface area contributed by atoms with Crippen LogP contribution in [0.3, 0.4) is 0 Å². The smallest absolute Gasteiger partial charge is 0.128 e. The number of hydrogen-bond donors (Lipinski definition) is 1. The van der Waals surface area contributed by atoms with Gasteiger partial charge in [0, 0.05) is 39.0 Å². The van der Waals surface area contributed by atoms with Crippen molar-refractivity contribution in [3.05, 3.63) is 23.9 Å². The largest absolute Gasteiger partial charge is 0.381 e. The Morgan fingerprint density at radius 1 is 1.43 bits per heavy atom. The molecule has 118 valence electrons. The van der Waals surface area contributed by atoms with Crippen molar-refractivity contribution >= 4 is 5.82 Å². The summed E-state index contributed by atoms with van der Waals surface area (Å²) in [6, 6.07) is 4.70. The zero-order valence-corrected chi connectivity index (χ0v) is 13.6. The maximum atomic E-state index is 5.43. The summed E-state index contributed by atoms with van der Waals surface area (Å²) in [5, 5.41) is 3.53. The molecule has 1 atom stereocenters. The summed E-state index contributed by atoms with van der Waals surface area (Å²) < 4.78 is 5.43. The van der Waals surface area contributed by atoms with Crippen LogP contribution in [-0.4, -0.2) is 38.3 Å². The second-order valence-electron chi connectivity index (χ2n) is 6.06. The Kier molecular flexibility index (Phi) is 6.46. The Balaban J connectivity index is 1.95. The minimum absolute atomic E-state index is 0.378. The van der Waals surface area contributed by atoms with Crippen LogP contribution in [0.2, 0.25) is 0 Å². The molecule has 2 rings (SSSR count). The van der Waals surface area contributed by atoms with Crippen molar-refractivity contribution in [2.75, 3.05) is 38.3 Å². The van der Waals surface area contributed by atoms with Crippen LogP contribution in [0.4, 0.5) is 5.82 Å². The maximum Gasteiger partial charge on any atom is 0.128 e. The highest BCUT2D eigenvalue weighted by Crippen LogP contribution is 2.21. The third kappa shape index (κ3) is 4.97. The van der Waals surface area contributed by atoms with Crippen molar-refractivity contribution < 1.29 is 4.74 Å². The van der Waals surface area contributed by atoms with E-state index in [4.69, 9.17) is 4.74 Å². The average molecular weight is 291 g/mol. The van der Waals surface area contributed by atoms with E-state index >= 15 is 0 Å². The molecule has 2 heterocycles. The molecule has 1 aliphatic rings. The summed E-state index contributed by atoms with van der Waals surface area (Å²) in [5.74, 6) is 1.80. The van der Waals surface area contributed by atoms with E-state index in [-0.39, 0.29) is 0 Å². The van der Waals surface area contributed by atoms with Gasteiger partial charge in [0.25, 0.3) is 0 Å². The van der Waals surface area contributed by atoms with E-state index in [1.807, 2.05) is 6.20 Å². The number of rotatable bonds is 7. The standard InChI is InChI=1S/C17H29N3O/c1-4-8-18-14(2)16-5-9-19-17(12-16)20(3)13-15-6-10-21-11-7-15/h5,9,12,14-15,18H,4,6-8,10-11,13H2,1-3H3. The highest BCUT2D eigenvalue weighted by Gasteiger charge is 2.17. The van der Waals surface area contributed by atoms with E-state index in [1.165, 1.54) is 18.4 Å². The molecule has 0 aliphatic carbocycles. The molecule has 0 bridgehead atoms. The van der Waals surface area contributed by atoms with Crippen LogP contribution < -0.4 is 10.2 Å². The van der Waals surface area contributed by atoms with Gasteiger partial charge in [-0.15, -0.1) is 0 Å². The molecule has 0 saturated carbocycles. The number of ether oxygens (including phenoxy) is 1. The van der Waals surface area contributed by atoms with E-state index in [0.717, 1.165) is 44.5 Å². The molecule has 1 saturated heterocycles. The monoisotopic (exact) mass is 291 g/mol. The number of nitrogens with one attached hydrogen (secondary N) is 1. The third-order valence-electron chi connectivity index (χ3n) is 4.23. The summed E-state index contributed by atoms with van der Waals surface area (Å²) in [7, 11) is 2.14. The first-order valence-corrected chi connectivity index (χ1v) is 8.19. The Hall–Kier alpha value is -1.13. The van der Waals surface area contributed by atoms with Gasteiger partial charge in [-0.3, -0.25) is 0 Å². The van der Waals surface area contributed by atoms with Gasteiger partial charge >= 0.3 is 0 Å². The quantitative estimate of drug-likeness (QED) is 0.838. The van der Waals surface area contributed by atoms with Crippen LogP contribution in [0.1, 0.15) is 44.7 Å². The molecule has 0 aromatic carbocycles. The molecule has 0 spiro atoms. The fraction of sp³-hybridized carbons (Fsp3) is 0.706. The molecule has 4 heteroatoms. The first-order chi connectivity index (χ1) is 10.2. The zero-order valence-electron chi connectivity index (χ0n) is 13.6. The molecule has 0 radical (unpaired) electrons. The van der Waals surface area contributed by atoms with Crippen molar-refractivity contribution in [1.29, 1.82) is 0 Å². The van der Waals surface area contributed by atoms with E-state index in [2.05, 4.69) is 48.2 Å². The highest BCUT2D eigenvalue weighted by atomic mass is 16.5. The van der Waals surface area contributed by atoms with Crippen LogP contribution in [0.25, 0.3) is 0 Å². The van der Waals surface area contributed by atoms with Crippen LogP contribution in [0, 0.1) is 5.92 Å². The number of nitrogens with zero attached hydrogens (tertiary/aromatic N) is 2. The Bertz CT molecular complexity index is 418. The number of pyridine rings is 1. The number of hydrogen-bond acceptors (Lipinski definition) is 4. The first-order valence-electron chi connectivity index (χ1n) is 8.19. The summed E-state index contributed by atoms with van der Waals surface area (Å²) >= 11 is 0. The van der Waals surface area contributed by atoms with Crippen LogP contribution in [0.15, 0.2) is 18.3 Å². The maximum absolute atomic E-state index is 5.43. The molecule has 1 aliphatic heterocycles. The van der Waals surface area contributed by atoms with Gasteiger partial charge in [0.2, 0.25) is 0 Å². The molecule has 1 unspecified atom stereocenters. The topological polar surface area (TPSA) is 37.4 Å². The summed E-state index contributed by atoms with van der Waals surface area (Å²) in [6.45, 7) is 8.34. The van der Waals surface area contributed by atoms with E-state index in [1.54, 1.807) is 0 Å². The fourth-order valence-electron chi connectivity index (χ4n) is 2.80. The van der Waals surface area contributed by atoms with Crippen molar-refractivity contribution in [1.82, 2.24) is 10.3 Å². The van der Waals surface area contributed by atoms with Gasteiger partial charge in [-0.05, 0) is 56.3 Å². The Morgan fingerprint density at radius 3 is 2.90 bits per heavy atom. The third-order valence-corrected chi connectivity index (χ3v) is 4.23. The number of anilines is 1. The summed E-state index contributed by atoms with van der Waals surface area (Å²) in [5.41, 5.74) is 1.31. The van der Waals surface area contributed by atoms with Crippen LogP contribution in [0.5, 0.6) is 0 Å². The van der Waals surface area contributed by atoms with Crippen LogP contribution in [-0.2, 0) is 4.74 Å². The zero-order chi connectivity index (χ0) is 15.1. The molecule has 21 heavy (non-hydrogen) atoms. The summed E-state index contributed by atoms with van der Waals surface area (Å²) in [6.07, 6.45) is 5.41. The molecular formula is C17H29N3O. The van der Waals surface area contributed by atoms with Crippen molar-refractivity contribution in [3.63, 3.8) is 0 Å². The van der Waals surface area contributed by atoms with E-state index in [0.29, 0.717) is 6.04 Å². The number of aromatic nitrogens is 1. The van der Waals surface area contributed by atoms with Gasteiger partial charge in [0.15, 0.2) is 0 Å². The van der Waals surface area contributed by atoms with Crippen molar-refractivity contribution in [2.24, 2.45) is 5.92 Å².